The summed E-state index contributed by atoms with van der Waals surface area (Å²) in [5, 5.41) is 5.92. The Labute approximate surface area is 245 Å². The van der Waals surface area contributed by atoms with Crippen LogP contribution in [0.1, 0.15) is 0 Å². The molecule has 0 radical (unpaired) electrons. The van der Waals surface area contributed by atoms with Gasteiger partial charge in [0.2, 0.25) is 0 Å². The van der Waals surface area contributed by atoms with E-state index in [4.69, 9.17) is 14.4 Å². The average Bonchev–Trinajstić information content (AvgIpc) is 3.63. The summed E-state index contributed by atoms with van der Waals surface area (Å²) in [6.45, 7) is 0. The van der Waals surface area contributed by atoms with Crippen LogP contribution >= 0.6 is 11.3 Å². The lowest BCUT2D eigenvalue weighted by Gasteiger charge is -2.07. The number of fused-ring (bicyclic) bond motifs is 7. The molecule has 9 rings (SSSR count). The molecule has 3 nitrogen and oxygen atoms in total. The van der Waals surface area contributed by atoms with Crippen LogP contribution in [0.15, 0.2) is 138 Å². The van der Waals surface area contributed by atoms with E-state index in [9.17, 15) is 0 Å². The minimum atomic E-state index is 0.905. The minimum absolute atomic E-state index is 0.905. The highest BCUT2D eigenvalue weighted by Gasteiger charge is 2.16. The molecule has 196 valence electrons. The summed E-state index contributed by atoms with van der Waals surface area (Å²) in [5.74, 6) is 0. The maximum Gasteiger partial charge on any atom is 0.143 e. The molecular weight excluding hydrogens is 532 g/mol. The molecule has 0 saturated carbocycles. The Bertz CT molecular complexity index is 2490. The van der Waals surface area contributed by atoms with Gasteiger partial charge in [0.25, 0.3) is 0 Å². The predicted octanol–water partition coefficient (Wildman–Crippen LogP) is 10.9. The van der Waals surface area contributed by atoms with Crippen molar-refractivity contribution >= 4 is 64.4 Å². The van der Waals surface area contributed by atoms with Crippen LogP contribution in [0.25, 0.3) is 86.5 Å². The lowest BCUT2D eigenvalue weighted by molar-refractivity contribution is 0.670. The summed E-state index contributed by atoms with van der Waals surface area (Å²) in [4.78, 5) is 9.57. The Morgan fingerprint density at radius 3 is 2.29 bits per heavy atom. The number of hydrogen-bond donors (Lipinski definition) is 0. The van der Waals surface area contributed by atoms with Crippen LogP contribution < -0.4 is 0 Å². The molecule has 3 heterocycles. The standard InChI is InChI=1S/C38H22N2OS/c1-2-8-24-19-25(16-15-23(24)7-1)26-17-18-34-32(21-26)36-38(42-34)35(39-22-40-36)28-10-5-9-27(20-28)29-12-6-13-31-30-11-3-4-14-33(30)41-37(29)31/h1-22H. The summed E-state index contributed by atoms with van der Waals surface area (Å²) in [7, 11) is 0. The highest BCUT2D eigenvalue weighted by molar-refractivity contribution is 7.26. The Hall–Kier alpha value is -5.32. The summed E-state index contributed by atoms with van der Waals surface area (Å²) in [6, 6.07) is 45.0. The van der Waals surface area contributed by atoms with E-state index in [1.165, 1.54) is 26.6 Å². The third kappa shape index (κ3) is 3.59. The largest absolute Gasteiger partial charge is 0.455 e. The van der Waals surface area contributed by atoms with Crippen molar-refractivity contribution in [3.05, 3.63) is 134 Å². The van der Waals surface area contributed by atoms with Gasteiger partial charge < -0.3 is 4.42 Å². The second kappa shape index (κ2) is 9.10. The summed E-state index contributed by atoms with van der Waals surface area (Å²) >= 11 is 1.75. The van der Waals surface area contributed by atoms with Crippen LogP contribution in [0.2, 0.25) is 0 Å². The lowest BCUT2D eigenvalue weighted by atomic mass is 9.99. The van der Waals surface area contributed by atoms with Crippen LogP contribution in [0.3, 0.4) is 0 Å². The zero-order chi connectivity index (χ0) is 27.6. The van der Waals surface area contributed by atoms with Crippen molar-refractivity contribution in [3.8, 4) is 33.5 Å². The Morgan fingerprint density at radius 1 is 0.524 bits per heavy atom. The number of nitrogens with zero attached hydrogens (tertiary/aromatic N) is 2. The van der Waals surface area contributed by atoms with Crippen molar-refractivity contribution in [2.45, 2.75) is 0 Å². The molecule has 0 aliphatic rings. The first-order valence-corrected chi connectivity index (χ1v) is 14.8. The monoisotopic (exact) mass is 554 g/mol. The zero-order valence-corrected chi connectivity index (χ0v) is 23.2. The molecule has 0 amide bonds. The molecule has 9 aromatic rings. The SMILES string of the molecule is c1cc(-c2cccc3c2oc2ccccc23)cc(-c2ncnc3c2sc2ccc(-c4ccc5ccccc5c4)cc23)c1. The van der Waals surface area contributed by atoms with E-state index in [0.29, 0.717) is 0 Å². The van der Waals surface area contributed by atoms with Crippen LogP contribution in [0.5, 0.6) is 0 Å². The fraction of sp³-hybridized carbons (Fsp3) is 0. The first-order chi connectivity index (χ1) is 20.8. The predicted molar refractivity (Wildman–Crippen MR) is 176 cm³/mol. The normalized spacial score (nSPS) is 11.8. The molecular formula is C38H22N2OS. The van der Waals surface area contributed by atoms with Gasteiger partial charge in [-0.3, -0.25) is 0 Å². The highest BCUT2D eigenvalue weighted by atomic mass is 32.1. The second-order valence-corrected chi connectivity index (χ2v) is 11.7. The van der Waals surface area contributed by atoms with E-state index in [2.05, 4.69) is 115 Å². The zero-order valence-electron chi connectivity index (χ0n) is 22.4. The van der Waals surface area contributed by atoms with E-state index >= 15 is 0 Å². The van der Waals surface area contributed by atoms with Crippen molar-refractivity contribution in [1.82, 2.24) is 9.97 Å². The molecule has 3 aromatic heterocycles. The maximum absolute atomic E-state index is 6.34. The summed E-state index contributed by atoms with van der Waals surface area (Å²) < 4.78 is 8.65. The van der Waals surface area contributed by atoms with Crippen molar-refractivity contribution in [3.63, 3.8) is 0 Å². The van der Waals surface area contributed by atoms with Crippen LogP contribution in [-0.4, -0.2) is 9.97 Å². The summed E-state index contributed by atoms with van der Waals surface area (Å²) in [5.41, 5.74) is 9.39. The lowest BCUT2D eigenvalue weighted by Crippen LogP contribution is -1.87. The van der Waals surface area contributed by atoms with Crippen molar-refractivity contribution in [2.75, 3.05) is 0 Å². The second-order valence-electron chi connectivity index (χ2n) is 10.6. The Balaban J connectivity index is 1.18. The van der Waals surface area contributed by atoms with E-state index in [-0.39, 0.29) is 0 Å². The molecule has 0 bridgehead atoms. The fourth-order valence-corrected chi connectivity index (χ4v) is 7.29. The number of aromatic nitrogens is 2. The maximum atomic E-state index is 6.34. The van der Waals surface area contributed by atoms with Gasteiger partial charge in [-0.2, -0.15) is 0 Å². The van der Waals surface area contributed by atoms with Crippen LogP contribution in [0, 0.1) is 0 Å². The van der Waals surface area contributed by atoms with Gasteiger partial charge >= 0.3 is 0 Å². The average molecular weight is 555 g/mol. The Morgan fingerprint density at radius 2 is 1.31 bits per heavy atom. The molecule has 0 fully saturated rings. The molecule has 0 spiro atoms. The minimum Gasteiger partial charge on any atom is -0.455 e. The molecule has 0 unspecified atom stereocenters. The first-order valence-electron chi connectivity index (χ1n) is 14.0. The van der Waals surface area contributed by atoms with Gasteiger partial charge in [0.05, 0.1) is 15.9 Å². The van der Waals surface area contributed by atoms with Gasteiger partial charge in [-0.05, 0) is 57.8 Å². The van der Waals surface area contributed by atoms with Gasteiger partial charge in [0, 0.05) is 32.0 Å². The molecule has 0 N–H and O–H groups in total. The van der Waals surface area contributed by atoms with Gasteiger partial charge in [-0.15, -0.1) is 11.3 Å². The molecule has 4 heteroatoms. The van der Waals surface area contributed by atoms with Gasteiger partial charge in [0.1, 0.15) is 17.5 Å². The smallest absolute Gasteiger partial charge is 0.143 e. The van der Waals surface area contributed by atoms with Crippen LogP contribution in [-0.2, 0) is 0 Å². The van der Waals surface area contributed by atoms with E-state index in [1.807, 2.05) is 12.1 Å². The number of para-hydroxylation sites is 2. The molecule has 0 saturated heterocycles. The topological polar surface area (TPSA) is 38.9 Å². The molecule has 0 aliphatic heterocycles. The molecule has 42 heavy (non-hydrogen) atoms. The number of benzene rings is 6. The molecule has 6 aromatic carbocycles. The Kier molecular flexibility index (Phi) is 5.07. The third-order valence-corrected chi connectivity index (χ3v) is 9.35. The van der Waals surface area contributed by atoms with Crippen LogP contribution in [0.4, 0.5) is 0 Å². The van der Waals surface area contributed by atoms with Crippen molar-refractivity contribution in [1.29, 1.82) is 0 Å². The number of furan rings is 1. The van der Waals surface area contributed by atoms with E-state index in [1.54, 1.807) is 17.7 Å². The van der Waals surface area contributed by atoms with Gasteiger partial charge in [0.15, 0.2) is 0 Å². The molecule has 0 aliphatic carbocycles. The quantitative estimate of drug-likeness (QED) is 0.218. The third-order valence-electron chi connectivity index (χ3n) is 8.18. The van der Waals surface area contributed by atoms with E-state index in [0.717, 1.165) is 59.9 Å². The van der Waals surface area contributed by atoms with Crippen molar-refractivity contribution < 1.29 is 4.42 Å². The van der Waals surface area contributed by atoms with E-state index < -0.39 is 0 Å². The van der Waals surface area contributed by atoms with Crippen molar-refractivity contribution in [2.24, 2.45) is 0 Å². The number of rotatable bonds is 3. The molecule has 0 atom stereocenters. The van der Waals surface area contributed by atoms with Gasteiger partial charge in [-0.25, -0.2) is 9.97 Å². The summed E-state index contributed by atoms with van der Waals surface area (Å²) in [6.07, 6.45) is 1.69. The first kappa shape index (κ1) is 23.4. The number of hydrogen-bond acceptors (Lipinski definition) is 4. The number of thiophene rings is 1. The fourth-order valence-electron chi connectivity index (χ4n) is 6.14. The highest BCUT2D eigenvalue weighted by Crippen LogP contribution is 2.41. The van der Waals surface area contributed by atoms with Gasteiger partial charge in [-0.1, -0.05) is 97.1 Å².